The lowest BCUT2D eigenvalue weighted by atomic mass is 9.50. The topological polar surface area (TPSA) is 26.3 Å². The molecule has 3 aliphatic rings. The molecule has 0 radical (unpaired) electrons. The first-order chi connectivity index (χ1) is 8.93. The molecule has 0 saturated heterocycles. The fourth-order valence-electron chi connectivity index (χ4n) is 3.75. The van der Waals surface area contributed by atoms with Crippen molar-refractivity contribution >= 4 is 5.97 Å². The van der Waals surface area contributed by atoms with Crippen LogP contribution >= 0.6 is 0 Å². The van der Waals surface area contributed by atoms with E-state index in [1.807, 2.05) is 0 Å². The molecule has 2 nitrogen and oxygen atoms in total. The summed E-state index contributed by atoms with van der Waals surface area (Å²) >= 11 is 0. The van der Waals surface area contributed by atoms with Crippen LogP contribution in [-0.4, -0.2) is 12.6 Å². The Morgan fingerprint density at radius 2 is 2.11 bits per heavy atom. The normalized spacial score (nSPS) is 36.8. The first-order valence-electron chi connectivity index (χ1n) is 7.80. The molecule has 0 heterocycles. The van der Waals surface area contributed by atoms with E-state index >= 15 is 0 Å². The summed E-state index contributed by atoms with van der Waals surface area (Å²) in [5.41, 5.74) is 0.256. The lowest BCUT2D eigenvalue weighted by Gasteiger charge is -2.53. The van der Waals surface area contributed by atoms with Gasteiger partial charge in [-0.05, 0) is 37.0 Å². The van der Waals surface area contributed by atoms with Crippen LogP contribution in [0.25, 0.3) is 0 Å². The highest BCUT2D eigenvalue weighted by Gasteiger charge is 2.53. The van der Waals surface area contributed by atoms with Crippen molar-refractivity contribution in [3.63, 3.8) is 0 Å². The maximum absolute atomic E-state index is 12.5. The molecule has 108 valence electrons. The van der Waals surface area contributed by atoms with Gasteiger partial charge in [0.05, 0.1) is 12.5 Å². The molecule has 3 rings (SSSR count). The predicted molar refractivity (Wildman–Crippen MR) is 77.7 cm³/mol. The van der Waals surface area contributed by atoms with Crippen molar-refractivity contribution in [3.8, 4) is 0 Å². The molecule has 2 heteroatoms. The zero-order valence-corrected chi connectivity index (χ0v) is 12.9. The highest BCUT2D eigenvalue weighted by atomic mass is 16.5. The number of unbranched alkanes of at least 4 members (excludes halogenated alkanes) is 1. The predicted octanol–water partition coefficient (Wildman–Crippen LogP) is 4.35. The molecule has 1 fully saturated rings. The number of hydrogen-bond donors (Lipinski definition) is 0. The van der Waals surface area contributed by atoms with Crippen molar-refractivity contribution in [1.29, 1.82) is 0 Å². The number of esters is 1. The van der Waals surface area contributed by atoms with Crippen molar-refractivity contribution in [3.05, 3.63) is 12.2 Å². The van der Waals surface area contributed by atoms with Gasteiger partial charge in [0.2, 0.25) is 0 Å². The Bertz CT molecular complexity index is 371. The molecule has 3 unspecified atom stereocenters. The van der Waals surface area contributed by atoms with Crippen LogP contribution in [0.2, 0.25) is 0 Å². The summed E-state index contributed by atoms with van der Waals surface area (Å²) in [6.07, 6.45) is 10.0. The highest BCUT2D eigenvalue weighted by Crippen LogP contribution is 2.58. The quantitative estimate of drug-likeness (QED) is 0.419. The van der Waals surface area contributed by atoms with E-state index in [4.69, 9.17) is 4.74 Å². The molecule has 0 aromatic carbocycles. The van der Waals surface area contributed by atoms with Crippen molar-refractivity contribution in [1.82, 2.24) is 0 Å². The van der Waals surface area contributed by atoms with Crippen molar-refractivity contribution in [2.75, 3.05) is 6.61 Å². The summed E-state index contributed by atoms with van der Waals surface area (Å²) in [6.45, 7) is 9.46. The molecule has 2 bridgehead atoms. The lowest BCUT2D eigenvalue weighted by molar-refractivity contribution is -0.159. The zero-order valence-electron chi connectivity index (χ0n) is 12.9. The van der Waals surface area contributed by atoms with Gasteiger partial charge in [0.1, 0.15) is 0 Å². The van der Waals surface area contributed by atoms with Crippen molar-refractivity contribution in [2.45, 2.75) is 59.8 Å². The first kappa shape index (κ1) is 14.6. The van der Waals surface area contributed by atoms with E-state index in [2.05, 4.69) is 39.8 Å². The van der Waals surface area contributed by atoms with E-state index in [1.165, 1.54) is 6.42 Å². The second-order valence-electron chi connectivity index (χ2n) is 7.03. The number of hydrogen-bond acceptors (Lipinski definition) is 2. The average molecular weight is 264 g/mol. The molecular weight excluding hydrogens is 236 g/mol. The van der Waals surface area contributed by atoms with Gasteiger partial charge in [0.25, 0.3) is 0 Å². The molecule has 0 N–H and O–H groups in total. The Labute approximate surface area is 117 Å². The fourth-order valence-corrected chi connectivity index (χ4v) is 3.75. The minimum absolute atomic E-state index is 0.0393. The Kier molecular flexibility index (Phi) is 4.08. The lowest BCUT2D eigenvalue weighted by Crippen LogP contribution is -2.49. The van der Waals surface area contributed by atoms with Crippen LogP contribution in [0.5, 0.6) is 0 Å². The zero-order chi connectivity index (χ0) is 14.1. The van der Waals surface area contributed by atoms with Crippen molar-refractivity contribution in [2.24, 2.45) is 22.7 Å². The fraction of sp³-hybridized carbons (Fsp3) is 0.824. The number of carbonyl (C=O) groups excluding carboxylic acids is 1. The van der Waals surface area contributed by atoms with Crippen LogP contribution in [-0.2, 0) is 9.53 Å². The van der Waals surface area contributed by atoms with Crippen LogP contribution in [0.3, 0.4) is 0 Å². The third-order valence-electron chi connectivity index (χ3n) is 5.35. The van der Waals surface area contributed by atoms with Crippen LogP contribution < -0.4 is 0 Å². The minimum Gasteiger partial charge on any atom is -0.465 e. The van der Waals surface area contributed by atoms with Gasteiger partial charge in [-0.2, -0.15) is 0 Å². The summed E-state index contributed by atoms with van der Waals surface area (Å²) in [4.78, 5) is 12.5. The largest absolute Gasteiger partial charge is 0.465 e. The molecular formula is C17H28O2. The Morgan fingerprint density at radius 1 is 1.37 bits per heavy atom. The van der Waals surface area contributed by atoms with E-state index in [9.17, 15) is 4.79 Å². The standard InChI is InChI=1S/C17H28O2/c1-5-6-11-19-15(18)14-12-16(4)7-9-17(14,10-8-16)13(2)3/h7,9,13-14H,5-6,8,10-12H2,1-4H3. The first-order valence-corrected chi connectivity index (χ1v) is 7.80. The van der Waals surface area contributed by atoms with Gasteiger partial charge < -0.3 is 4.74 Å². The number of carbonyl (C=O) groups is 1. The number of rotatable bonds is 5. The van der Waals surface area contributed by atoms with Gasteiger partial charge in [0, 0.05) is 5.41 Å². The van der Waals surface area contributed by atoms with Crippen LogP contribution in [0.1, 0.15) is 59.8 Å². The van der Waals surface area contributed by atoms with Crippen LogP contribution in [0, 0.1) is 22.7 Å². The monoisotopic (exact) mass is 264 g/mol. The maximum Gasteiger partial charge on any atom is 0.309 e. The molecule has 3 atom stereocenters. The molecule has 0 aromatic rings. The Morgan fingerprint density at radius 3 is 2.63 bits per heavy atom. The number of fused-ring (bicyclic) bond motifs is 2. The van der Waals surface area contributed by atoms with Gasteiger partial charge in [-0.25, -0.2) is 0 Å². The Hall–Kier alpha value is -0.790. The second-order valence-corrected chi connectivity index (χ2v) is 7.03. The molecule has 19 heavy (non-hydrogen) atoms. The third kappa shape index (κ3) is 2.59. The SMILES string of the molecule is CCCCOC(=O)C1CC2(C)C=CC1(C(C)C)CC2. The van der Waals surface area contributed by atoms with Gasteiger partial charge in [-0.3, -0.25) is 4.79 Å². The Balaban J connectivity index is 2.15. The molecule has 1 saturated carbocycles. The maximum atomic E-state index is 12.5. The smallest absolute Gasteiger partial charge is 0.309 e. The summed E-state index contributed by atoms with van der Waals surface area (Å²) < 4.78 is 5.52. The summed E-state index contributed by atoms with van der Waals surface area (Å²) in [6, 6.07) is 0. The van der Waals surface area contributed by atoms with Gasteiger partial charge in [-0.15, -0.1) is 0 Å². The van der Waals surface area contributed by atoms with Crippen LogP contribution in [0.4, 0.5) is 0 Å². The summed E-state index contributed by atoms with van der Waals surface area (Å²) in [5, 5.41) is 0. The van der Waals surface area contributed by atoms with Gasteiger partial charge >= 0.3 is 5.97 Å². The highest BCUT2D eigenvalue weighted by molar-refractivity contribution is 5.74. The van der Waals surface area contributed by atoms with E-state index in [-0.39, 0.29) is 22.7 Å². The van der Waals surface area contributed by atoms with Crippen LogP contribution in [0.15, 0.2) is 12.2 Å². The van der Waals surface area contributed by atoms with E-state index in [1.54, 1.807) is 0 Å². The number of ether oxygens (including phenoxy) is 1. The molecule has 3 aliphatic carbocycles. The number of allylic oxidation sites excluding steroid dienone is 2. The van der Waals surface area contributed by atoms with E-state index in [0.29, 0.717) is 12.5 Å². The average Bonchev–Trinajstić information content (AvgIpc) is 2.39. The second kappa shape index (κ2) is 5.30. The van der Waals surface area contributed by atoms with Gasteiger partial charge in [0.15, 0.2) is 0 Å². The molecule has 0 aromatic heterocycles. The summed E-state index contributed by atoms with van der Waals surface area (Å²) in [5.74, 6) is 0.600. The minimum atomic E-state index is 0.0393. The van der Waals surface area contributed by atoms with E-state index in [0.717, 1.165) is 25.7 Å². The van der Waals surface area contributed by atoms with E-state index < -0.39 is 0 Å². The third-order valence-corrected chi connectivity index (χ3v) is 5.35. The molecule has 0 spiro atoms. The molecule has 0 amide bonds. The van der Waals surface area contributed by atoms with Gasteiger partial charge in [-0.1, -0.05) is 46.3 Å². The molecule has 0 aliphatic heterocycles. The summed E-state index contributed by atoms with van der Waals surface area (Å²) in [7, 11) is 0. The van der Waals surface area contributed by atoms with Crippen molar-refractivity contribution < 1.29 is 9.53 Å².